The van der Waals surface area contributed by atoms with Crippen molar-refractivity contribution in [1.82, 2.24) is 9.78 Å². The second kappa shape index (κ2) is 3.43. The Kier molecular flexibility index (Phi) is 2.33. The van der Waals surface area contributed by atoms with Crippen LogP contribution in [0.15, 0.2) is 12.3 Å². The lowest BCUT2D eigenvalue weighted by Crippen LogP contribution is -2.32. The second-order valence-electron chi connectivity index (χ2n) is 4.97. The van der Waals surface area contributed by atoms with Crippen LogP contribution in [0.3, 0.4) is 0 Å². The molecule has 16 heavy (non-hydrogen) atoms. The summed E-state index contributed by atoms with van der Waals surface area (Å²) in [7, 11) is 0. The number of anilines is 1. The minimum absolute atomic E-state index is 0.00925. The quantitative estimate of drug-likeness (QED) is 0.663. The van der Waals surface area contributed by atoms with Crippen LogP contribution < -0.4 is 4.90 Å². The molecule has 2 rings (SSSR count). The molecule has 0 aliphatic carbocycles. The molecule has 0 atom stereocenters. The van der Waals surface area contributed by atoms with Crippen molar-refractivity contribution in [2.45, 2.75) is 32.7 Å². The zero-order chi connectivity index (χ0) is 11.9. The standard InChI is InChI=1S/C11H15N3O2/c1-11(2,3)14-9(4-5-12-14)13-7-8(15)6-10(13)16/h4-5H,6-7H2,1-3H3. The van der Waals surface area contributed by atoms with Crippen LogP contribution in [0.5, 0.6) is 0 Å². The van der Waals surface area contributed by atoms with Crippen LogP contribution in [0.25, 0.3) is 0 Å². The highest BCUT2D eigenvalue weighted by Crippen LogP contribution is 2.25. The number of Topliss-reactive ketones (excluding diaryl/α,β-unsaturated/α-hetero) is 1. The first kappa shape index (κ1) is 10.9. The number of rotatable bonds is 1. The number of carbonyl (C=O) groups is 2. The van der Waals surface area contributed by atoms with E-state index in [1.165, 1.54) is 4.90 Å². The molecular weight excluding hydrogens is 206 g/mol. The molecule has 1 saturated heterocycles. The summed E-state index contributed by atoms with van der Waals surface area (Å²) in [5, 5.41) is 4.20. The van der Waals surface area contributed by atoms with Crippen LogP contribution in [-0.4, -0.2) is 28.0 Å². The Labute approximate surface area is 94.0 Å². The van der Waals surface area contributed by atoms with E-state index in [-0.39, 0.29) is 30.2 Å². The normalized spacial score (nSPS) is 17.3. The van der Waals surface area contributed by atoms with Crippen LogP contribution in [0, 0.1) is 0 Å². The van der Waals surface area contributed by atoms with Gasteiger partial charge in [0.15, 0.2) is 5.78 Å². The number of aromatic nitrogens is 2. The van der Waals surface area contributed by atoms with Crippen molar-refractivity contribution in [3.63, 3.8) is 0 Å². The molecule has 2 heterocycles. The fourth-order valence-electron chi connectivity index (χ4n) is 1.81. The molecule has 5 nitrogen and oxygen atoms in total. The first-order chi connectivity index (χ1) is 7.39. The Morgan fingerprint density at radius 3 is 2.50 bits per heavy atom. The van der Waals surface area contributed by atoms with Gasteiger partial charge < -0.3 is 0 Å². The highest BCUT2D eigenvalue weighted by atomic mass is 16.2. The maximum Gasteiger partial charge on any atom is 0.236 e. The molecule has 0 radical (unpaired) electrons. The summed E-state index contributed by atoms with van der Waals surface area (Å²) in [6.07, 6.45) is 1.66. The van der Waals surface area contributed by atoms with E-state index in [1.54, 1.807) is 16.9 Å². The fraction of sp³-hybridized carbons (Fsp3) is 0.545. The molecule has 0 saturated carbocycles. The number of amides is 1. The van der Waals surface area contributed by atoms with Gasteiger partial charge in [0.1, 0.15) is 5.82 Å². The first-order valence-electron chi connectivity index (χ1n) is 5.26. The highest BCUT2D eigenvalue weighted by molar-refractivity contribution is 6.14. The summed E-state index contributed by atoms with van der Waals surface area (Å²) in [5.41, 5.74) is -0.204. The summed E-state index contributed by atoms with van der Waals surface area (Å²) in [6.45, 7) is 6.18. The van der Waals surface area contributed by atoms with E-state index < -0.39 is 0 Å². The van der Waals surface area contributed by atoms with E-state index in [1.807, 2.05) is 20.8 Å². The molecule has 0 N–H and O–H groups in total. The van der Waals surface area contributed by atoms with E-state index in [0.717, 1.165) is 0 Å². The molecule has 1 aliphatic rings. The Morgan fingerprint density at radius 2 is 2.00 bits per heavy atom. The first-order valence-corrected chi connectivity index (χ1v) is 5.26. The van der Waals surface area contributed by atoms with E-state index in [0.29, 0.717) is 5.82 Å². The van der Waals surface area contributed by atoms with E-state index in [9.17, 15) is 9.59 Å². The third-order valence-corrected chi connectivity index (χ3v) is 2.52. The monoisotopic (exact) mass is 221 g/mol. The number of carbonyl (C=O) groups excluding carboxylic acids is 2. The summed E-state index contributed by atoms with van der Waals surface area (Å²) < 4.78 is 1.77. The van der Waals surface area contributed by atoms with Gasteiger partial charge in [-0.25, -0.2) is 4.68 Å². The highest BCUT2D eigenvalue weighted by Gasteiger charge is 2.32. The molecule has 0 unspecified atom stereocenters. The zero-order valence-electron chi connectivity index (χ0n) is 9.73. The lowest BCUT2D eigenvalue weighted by molar-refractivity contribution is -0.121. The lowest BCUT2D eigenvalue weighted by Gasteiger charge is -2.25. The summed E-state index contributed by atoms with van der Waals surface area (Å²) in [4.78, 5) is 24.4. The molecule has 5 heteroatoms. The Morgan fingerprint density at radius 1 is 1.31 bits per heavy atom. The number of hydrogen-bond donors (Lipinski definition) is 0. The Bertz CT molecular complexity index is 442. The van der Waals surface area contributed by atoms with Crippen LogP contribution >= 0.6 is 0 Å². The minimum atomic E-state index is -0.204. The van der Waals surface area contributed by atoms with Gasteiger partial charge >= 0.3 is 0 Å². The number of ketones is 1. The zero-order valence-corrected chi connectivity index (χ0v) is 9.73. The topological polar surface area (TPSA) is 55.2 Å². The Hall–Kier alpha value is -1.65. The molecule has 0 spiro atoms. The van der Waals surface area contributed by atoms with Crippen molar-refractivity contribution in [3.05, 3.63) is 12.3 Å². The molecule has 1 aromatic heterocycles. The van der Waals surface area contributed by atoms with Crippen LogP contribution in [0.2, 0.25) is 0 Å². The third kappa shape index (κ3) is 1.73. The van der Waals surface area contributed by atoms with Crippen molar-refractivity contribution in [3.8, 4) is 0 Å². The lowest BCUT2D eigenvalue weighted by atomic mass is 10.1. The minimum Gasteiger partial charge on any atom is -0.297 e. The van der Waals surface area contributed by atoms with Crippen LogP contribution in [-0.2, 0) is 15.1 Å². The smallest absolute Gasteiger partial charge is 0.236 e. The summed E-state index contributed by atoms with van der Waals surface area (Å²) in [6, 6.07) is 1.77. The van der Waals surface area contributed by atoms with Gasteiger partial charge in [-0.05, 0) is 20.8 Å². The van der Waals surface area contributed by atoms with Gasteiger partial charge in [-0.3, -0.25) is 14.5 Å². The predicted molar refractivity (Wildman–Crippen MR) is 59.2 cm³/mol. The van der Waals surface area contributed by atoms with Gasteiger partial charge in [0.05, 0.1) is 24.7 Å². The van der Waals surface area contributed by atoms with E-state index in [2.05, 4.69) is 5.10 Å². The molecule has 0 bridgehead atoms. The van der Waals surface area contributed by atoms with Crippen molar-refractivity contribution in [2.24, 2.45) is 0 Å². The Balaban J connectivity index is 2.38. The fourth-order valence-corrected chi connectivity index (χ4v) is 1.81. The molecule has 1 aromatic rings. The van der Waals surface area contributed by atoms with Crippen molar-refractivity contribution in [2.75, 3.05) is 11.4 Å². The van der Waals surface area contributed by atoms with Gasteiger partial charge in [0, 0.05) is 6.07 Å². The maximum absolute atomic E-state index is 11.6. The maximum atomic E-state index is 11.6. The average Bonchev–Trinajstić information content (AvgIpc) is 2.69. The van der Waals surface area contributed by atoms with E-state index >= 15 is 0 Å². The summed E-state index contributed by atoms with van der Waals surface area (Å²) in [5.74, 6) is 0.519. The van der Waals surface area contributed by atoms with Gasteiger partial charge in [0.25, 0.3) is 0 Å². The molecule has 1 amide bonds. The largest absolute Gasteiger partial charge is 0.297 e. The van der Waals surface area contributed by atoms with E-state index in [4.69, 9.17) is 0 Å². The van der Waals surface area contributed by atoms with Crippen LogP contribution in [0.1, 0.15) is 27.2 Å². The van der Waals surface area contributed by atoms with Gasteiger partial charge in [0.2, 0.25) is 5.91 Å². The number of hydrogen-bond acceptors (Lipinski definition) is 3. The predicted octanol–water partition coefficient (Wildman–Crippen LogP) is 0.944. The third-order valence-electron chi connectivity index (χ3n) is 2.52. The van der Waals surface area contributed by atoms with Gasteiger partial charge in [-0.2, -0.15) is 5.10 Å². The second-order valence-corrected chi connectivity index (χ2v) is 4.97. The molecule has 1 aliphatic heterocycles. The van der Waals surface area contributed by atoms with Gasteiger partial charge in [-0.1, -0.05) is 0 Å². The van der Waals surface area contributed by atoms with Gasteiger partial charge in [-0.15, -0.1) is 0 Å². The SMILES string of the molecule is CC(C)(C)n1nccc1N1CC(=O)CC1=O. The van der Waals surface area contributed by atoms with Crippen molar-refractivity contribution >= 4 is 17.5 Å². The van der Waals surface area contributed by atoms with Crippen molar-refractivity contribution in [1.29, 1.82) is 0 Å². The average molecular weight is 221 g/mol. The number of nitrogens with zero attached hydrogens (tertiary/aromatic N) is 3. The molecule has 86 valence electrons. The molecule has 0 aromatic carbocycles. The molecule has 1 fully saturated rings. The van der Waals surface area contributed by atoms with Crippen molar-refractivity contribution < 1.29 is 9.59 Å². The summed E-state index contributed by atoms with van der Waals surface area (Å²) >= 11 is 0. The molecular formula is C11H15N3O2. The van der Waals surface area contributed by atoms with Crippen LogP contribution in [0.4, 0.5) is 5.82 Å².